The third-order valence-electron chi connectivity index (χ3n) is 4.78. The quantitative estimate of drug-likeness (QED) is 0.501. The standard InChI is InChI=1S/C21H23ClN4O2S/c1-14(15-4-6-17(22)7-5-15)28-12-19(27)13-29-21-25-24-20(26(21)18-8-9-18)16-3-2-10-23-11-16/h2-7,10-11,14,18-19,27H,8-9,12-13H2,1H3. The summed E-state index contributed by atoms with van der Waals surface area (Å²) in [6.07, 6.45) is 5.10. The number of hydrogen-bond donors (Lipinski definition) is 1. The van der Waals surface area contributed by atoms with Gasteiger partial charge in [0.1, 0.15) is 0 Å². The maximum atomic E-state index is 10.4. The average Bonchev–Trinajstić information content (AvgIpc) is 3.50. The zero-order valence-electron chi connectivity index (χ0n) is 16.1. The summed E-state index contributed by atoms with van der Waals surface area (Å²) in [4.78, 5) is 4.18. The number of rotatable bonds is 9. The van der Waals surface area contributed by atoms with E-state index in [-0.39, 0.29) is 12.7 Å². The molecule has 0 radical (unpaired) electrons. The Labute approximate surface area is 179 Å². The van der Waals surface area contributed by atoms with Crippen molar-refractivity contribution >= 4 is 23.4 Å². The van der Waals surface area contributed by atoms with E-state index in [1.165, 1.54) is 11.8 Å². The van der Waals surface area contributed by atoms with Gasteiger partial charge in [-0.25, -0.2) is 0 Å². The van der Waals surface area contributed by atoms with Crippen molar-refractivity contribution < 1.29 is 9.84 Å². The highest BCUT2D eigenvalue weighted by Crippen LogP contribution is 2.41. The van der Waals surface area contributed by atoms with Crippen LogP contribution in [-0.4, -0.2) is 43.3 Å². The van der Waals surface area contributed by atoms with Crippen LogP contribution in [0.4, 0.5) is 0 Å². The molecule has 1 N–H and O–H groups in total. The Morgan fingerprint density at radius 1 is 1.24 bits per heavy atom. The first-order valence-corrected chi connectivity index (χ1v) is 11.0. The number of aliphatic hydroxyl groups excluding tert-OH is 1. The van der Waals surface area contributed by atoms with Gasteiger partial charge in [-0.1, -0.05) is 35.5 Å². The SMILES string of the molecule is CC(OCC(O)CSc1nnc(-c2cccnc2)n1C1CC1)c1ccc(Cl)cc1. The molecule has 152 valence electrons. The van der Waals surface area contributed by atoms with Crippen molar-refractivity contribution in [2.75, 3.05) is 12.4 Å². The molecule has 2 unspecified atom stereocenters. The number of hydrogen-bond acceptors (Lipinski definition) is 6. The smallest absolute Gasteiger partial charge is 0.191 e. The van der Waals surface area contributed by atoms with Crippen molar-refractivity contribution in [1.29, 1.82) is 0 Å². The van der Waals surface area contributed by atoms with Crippen LogP contribution in [0.25, 0.3) is 11.4 Å². The summed E-state index contributed by atoms with van der Waals surface area (Å²) in [6, 6.07) is 11.9. The molecule has 1 aliphatic rings. The first kappa shape index (κ1) is 20.3. The molecule has 2 aromatic heterocycles. The van der Waals surface area contributed by atoms with Crippen LogP contribution >= 0.6 is 23.4 Å². The molecule has 2 heterocycles. The van der Waals surface area contributed by atoms with Crippen LogP contribution in [0.2, 0.25) is 5.02 Å². The van der Waals surface area contributed by atoms with Crippen LogP contribution in [0.5, 0.6) is 0 Å². The second-order valence-electron chi connectivity index (χ2n) is 7.14. The zero-order chi connectivity index (χ0) is 20.2. The maximum absolute atomic E-state index is 10.4. The van der Waals surface area contributed by atoms with E-state index >= 15 is 0 Å². The molecule has 29 heavy (non-hydrogen) atoms. The van der Waals surface area contributed by atoms with Crippen molar-refractivity contribution in [3.8, 4) is 11.4 Å². The van der Waals surface area contributed by atoms with E-state index in [1.54, 1.807) is 12.4 Å². The van der Waals surface area contributed by atoms with E-state index in [1.807, 2.05) is 43.3 Å². The van der Waals surface area contributed by atoms with Gasteiger partial charge in [-0.05, 0) is 49.6 Å². The minimum atomic E-state index is -0.596. The van der Waals surface area contributed by atoms with Gasteiger partial charge in [-0.3, -0.25) is 9.55 Å². The Morgan fingerprint density at radius 3 is 2.72 bits per heavy atom. The molecule has 6 nitrogen and oxygen atoms in total. The molecule has 2 atom stereocenters. The third kappa shape index (κ3) is 5.17. The average molecular weight is 431 g/mol. The van der Waals surface area contributed by atoms with E-state index in [0.717, 1.165) is 34.9 Å². The Balaban J connectivity index is 1.34. The fourth-order valence-electron chi connectivity index (χ4n) is 3.03. The van der Waals surface area contributed by atoms with E-state index in [4.69, 9.17) is 16.3 Å². The lowest BCUT2D eigenvalue weighted by Gasteiger charge is -2.17. The molecular weight excluding hydrogens is 408 g/mol. The van der Waals surface area contributed by atoms with Crippen molar-refractivity contribution in [1.82, 2.24) is 19.7 Å². The first-order chi connectivity index (χ1) is 14.1. The highest BCUT2D eigenvalue weighted by Gasteiger charge is 2.30. The lowest BCUT2D eigenvalue weighted by Crippen LogP contribution is -2.19. The monoisotopic (exact) mass is 430 g/mol. The molecule has 1 aliphatic carbocycles. The van der Waals surface area contributed by atoms with Gasteiger partial charge in [0, 0.05) is 34.8 Å². The number of nitrogens with zero attached hydrogens (tertiary/aromatic N) is 4. The minimum absolute atomic E-state index is 0.112. The van der Waals surface area contributed by atoms with Crippen LogP contribution in [0.3, 0.4) is 0 Å². The summed E-state index contributed by atoms with van der Waals surface area (Å²) in [5, 5.41) is 20.6. The molecule has 1 saturated carbocycles. The van der Waals surface area contributed by atoms with E-state index < -0.39 is 6.10 Å². The normalized spacial score (nSPS) is 16.0. The summed E-state index contributed by atoms with van der Waals surface area (Å²) in [6.45, 7) is 2.22. The largest absolute Gasteiger partial charge is 0.390 e. The number of halogens is 1. The summed E-state index contributed by atoms with van der Waals surface area (Å²) in [5.41, 5.74) is 1.99. The predicted molar refractivity (Wildman–Crippen MR) is 114 cm³/mol. The van der Waals surface area contributed by atoms with Gasteiger partial charge in [0.2, 0.25) is 0 Å². The summed E-state index contributed by atoms with van der Waals surface area (Å²) >= 11 is 7.43. The predicted octanol–water partition coefficient (Wildman–Crippen LogP) is 4.56. The number of benzene rings is 1. The van der Waals surface area contributed by atoms with Gasteiger partial charge >= 0.3 is 0 Å². The van der Waals surface area contributed by atoms with Gasteiger partial charge in [-0.15, -0.1) is 10.2 Å². The van der Waals surface area contributed by atoms with Crippen molar-refractivity contribution in [3.05, 3.63) is 59.4 Å². The molecule has 0 amide bonds. The second kappa shape index (κ2) is 9.26. The minimum Gasteiger partial charge on any atom is -0.390 e. The zero-order valence-corrected chi connectivity index (χ0v) is 17.7. The highest BCUT2D eigenvalue weighted by molar-refractivity contribution is 7.99. The van der Waals surface area contributed by atoms with E-state index in [0.29, 0.717) is 16.8 Å². The Kier molecular flexibility index (Phi) is 6.50. The molecule has 3 aromatic rings. The molecule has 1 aromatic carbocycles. The molecule has 0 aliphatic heterocycles. The lowest BCUT2D eigenvalue weighted by atomic mass is 10.1. The Morgan fingerprint density at radius 2 is 2.03 bits per heavy atom. The second-order valence-corrected chi connectivity index (χ2v) is 8.56. The molecular formula is C21H23ClN4O2S. The number of pyridine rings is 1. The van der Waals surface area contributed by atoms with E-state index in [2.05, 4.69) is 19.7 Å². The molecule has 0 saturated heterocycles. The first-order valence-electron chi connectivity index (χ1n) is 9.65. The fourth-order valence-corrected chi connectivity index (χ4v) is 4.07. The van der Waals surface area contributed by atoms with Crippen LogP contribution in [0, 0.1) is 0 Å². The fraction of sp³-hybridized carbons (Fsp3) is 0.381. The number of thioether (sulfide) groups is 1. The Bertz CT molecular complexity index is 932. The molecule has 0 spiro atoms. The molecule has 8 heteroatoms. The van der Waals surface area contributed by atoms with Crippen LogP contribution in [-0.2, 0) is 4.74 Å². The van der Waals surface area contributed by atoms with Gasteiger partial charge in [0.25, 0.3) is 0 Å². The van der Waals surface area contributed by atoms with Crippen molar-refractivity contribution in [2.45, 2.75) is 43.2 Å². The van der Waals surface area contributed by atoms with E-state index in [9.17, 15) is 5.11 Å². The van der Waals surface area contributed by atoms with Gasteiger partial charge in [0.05, 0.1) is 18.8 Å². The highest BCUT2D eigenvalue weighted by atomic mass is 35.5. The Hall–Kier alpha value is -1.93. The van der Waals surface area contributed by atoms with Crippen LogP contribution < -0.4 is 0 Å². The van der Waals surface area contributed by atoms with Crippen LogP contribution in [0.1, 0.15) is 37.5 Å². The topological polar surface area (TPSA) is 73.1 Å². The summed E-state index contributed by atoms with van der Waals surface area (Å²) in [7, 11) is 0. The van der Waals surface area contributed by atoms with Crippen molar-refractivity contribution in [3.63, 3.8) is 0 Å². The molecule has 0 bridgehead atoms. The van der Waals surface area contributed by atoms with Gasteiger partial charge in [-0.2, -0.15) is 0 Å². The maximum Gasteiger partial charge on any atom is 0.191 e. The van der Waals surface area contributed by atoms with Crippen molar-refractivity contribution in [2.24, 2.45) is 0 Å². The number of aliphatic hydroxyl groups is 1. The third-order valence-corrected chi connectivity index (χ3v) is 6.12. The summed E-state index contributed by atoms with van der Waals surface area (Å²) < 4.78 is 8.00. The number of ether oxygens (including phenoxy) is 1. The van der Waals surface area contributed by atoms with Gasteiger partial charge in [0.15, 0.2) is 11.0 Å². The van der Waals surface area contributed by atoms with Gasteiger partial charge < -0.3 is 9.84 Å². The molecule has 4 rings (SSSR count). The molecule has 1 fully saturated rings. The lowest BCUT2D eigenvalue weighted by molar-refractivity contribution is 0.00621. The van der Waals surface area contributed by atoms with Crippen LogP contribution in [0.15, 0.2) is 53.9 Å². The summed E-state index contributed by atoms with van der Waals surface area (Å²) in [5.74, 6) is 1.33. The number of aromatic nitrogens is 4.